The number of hydrogen-bond donors (Lipinski definition) is 0. The van der Waals surface area contributed by atoms with Gasteiger partial charge in [0.2, 0.25) is 0 Å². The zero-order valence-corrected chi connectivity index (χ0v) is 12.8. The molecule has 1 aromatic heterocycles. The summed E-state index contributed by atoms with van der Waals surface area (Å²) >= 11 is 5.84. The number of ether oxygens (including phenoxy) is 1. The topological polar surface area (TPSA) is 74.1 Å². The molecule has 2 aromatic rings. The number of halogens is 2. The average molecular weight is 336 g/mol. The summed E-state index contributed by atoms with van der Waals surface area (Å²) in [6, 6.07) is 6.85. The van der Waals surface area contributed by atoms with Gasteiger partial charge in [0.25, 0.3) is 14.2 Å². The van der Waals surface area contributed by atoms with Gasteiger partial charge >= 0.3 is 0 Å². The van der Waals surface area contributed by atoms with Crippen LogP contribution >= 0.6 is 22.3 Å². The van der Waals surface area contributed by atoms with Crippen LogP contribution in [0.1, 0.15) is 12.7 Å². The van der Waals surface area contributed by atoms with Crippen LogP contribution in [0.15, 0.2) is 29.4 Å². The highest BCUT2D eigenvalue weighted by Gasteiger charge is 2.21. The highest BCUT2D eigenvalue weighted by atomic mass is 35.7. The lowest BCUT2D eigenvalue weighted by Crippen LogP contribution is -2.10. The number of aromatic nitrogens is 3. The molecule has 0 aliphatic carbocycles. The Morgan fingerprint density at radius 3 is 2.70 bits per heavy atom. The number of nitrogens with zero attached hydrogens (tertiary/aromatic N) is 3. The second kappa shape index (κ2) is 5.99. The van der Waals surface area contributed by atoms with Gasteiger partial charge in [-0.2, -0.15) is 0 Å². The fraction of sp³-hybridized carbons (Fsp3) is 0.273. The van der Waals surface area contributed by atoms with Gasteiger partial charge in [-0.15, -0.1) is 10.2 Å². The van der Waals surface area contributed by atoms with Crippen molar-refractivity contribution in [3.05, 3.63) is 35.1 Å². The Hall–Kier alpha value is -1.31. The third-order valence-corrected chi connectivity index (χ3v) is 3.88. The van der Waals surface area contributed by atoms with Crippen LogP contribution in [0.3, 0.4) is 0 Å². The largest absolute Gasteiger partial charge is 0.486 e. The molecule has 0 spiro atoms. The monoisotopic (exact) mass is 335 g/mol. The van der Waals surface area contributed by atoms with Gasteiger partial charge in [0.1, 0.15) is 12.4 Å². The Balaban J connectivity index is 2.20. The summed E-state index contributed by atoms with van der Waals surface area (Å²) in [6.07, 6.45) is 0. The van der Waals surface area contributed by atoms with Gasteiger partial charge in [-0.05, 0) is 25.1 Å². The lowest BCUT2D eigenvalue weighted by molar-refractivity contribution is 0.288. The lowest BCUT2D eigenvalue weighted by atomic mass is 10.3. The van der Waals surface area contributed by atoms with Crippen LogP contribution < -0.4 is 4.74 Å². The van der Waals surface area contributed by atoms with E-state index in [4.69, 9.17) is 27.0 Å². The molecule has 0 atom stereocenters. The van der Waals surface area contributed by atoms with Crippen molar-refractivity contribution >= 4 is 31.3 Å². The van der Waals surface area contributed by atoms with E-state index in [1.54, 1.807) is 31.2 Å². The van der Waals surface area contributed by atoms with E-state index in [1.807, 2.05) is 0 Å². The average Bonchev–Trinajstić information content (AvgIpc) is 2.79. The van der Waals surface area contributed by atoms with Gasteiger partial charge in [0, 0.05) is 22.2 Å². The Morgan fingerprint density at radius 1 is 1.35 bits per heavy atom. The molecule has 1 aromatic carbocycles. The predicted octanol–water partition coefficient (Wildman–Crippen LogP) is 2.46. The molecule has 0 fully saturated rings. The molecule has 108 valence electrons. The van der Waals surface area contributed by atoms with E-state index in [2.05, 4.69) is 10.2 Å². The van der Waals surface area contributed by atoms with E-state index in [9.17, 15) is 8.42 Å². The van der Waals surface area contributed by atoms with Crippen LogP contribution in [-0.4, -0.2) is 23.2 Å². The van der Waals surface area contributed by atoms with Crippen LogP contribution in [0.2, 0.25) is 5.02 Å². The highest BCUT2D eigenvalue weighted by Crippen LogP contribution is 2.19. The van der Waals surface area contributed by atoms with Crippen LogP contribution in [0.4, 0.5) is 0 Å². The first-order valence-corrected chi connectivity index (χ1v) is 8.35. The lowest BCUT2D eigenvalue weighted by Gasteiger charge is -2.08. The standard InChI is InChI=1S/C11H11Cl2N3O3S/c1-2-16-10(14-15-11(16)20(13,17)18)7-19-9-5-3-4-8(12)6-9/h3-6H,2,7H2,1H3. The van der Waals surface area contributed by atoms with E-state index in [-0.39, 0.29) is 11.8 Å². The summed E-state index contributed by atoms with van der Waals surface area (Å²) in [6.45, 7) is 2.19. The maximum absolute atomic E-state index is 11.3. The van der Waals surface area contributed by atoms with Crippen molar-refractivity contribution in [3.8, 4) is 5.75 Å². The fourth-order valence-corrected chi connectivity index (χ4v) is 2.79. The fourth-order valence-electron chi connectivity index (χ4n) is 1.63. The van der Waals surface area contributed by atoms with Crippen molar-refractivity contribution in [1.82, 2.24) is 14.8 Å². The van der Waals surface area contributed by atoms with Gasteiger partial charge < -0.3 is 4.74 Å². The molecule has 0 saturated carbocycles. The quantitative estimate of drug-likeness (QED) is 0.784. The van der Waals surface area contributed by atoms with Crippen LogP contribution in [0.25, 0.3) is 0 Å². The minimum Gasteiger partial charge on any atom is -0.486 e. The van der Waals surface area contributed by atoms with Crippen molar-refractivity contribution in [2.45, 2.75) is 25.2 Å². The predicted molar refractivity (Wildman–Crippen MR) is 74.5 cm³/mol. The molecule has 0 saturated heterocycles. The van der Waals surface area contributed by atoms with E-state index >= 15 is 0 Å². The van der Waals surface area contributed by atoms with E-state index < -0.39 is 9.05 Å². The maximum Gasteiger partial charge on any atom is 0.296 e. The normalized spacial score (nSPS) is 11.6. The smallest absolute Gasteiger partial charge is 0.296 e. The summed E-state index contributed by atoms with van der Waals surface area (Å²) in [5, 5.41) is 7.62. The van der Waals surface area contributed by atoms with Crippen LogP contribution in [0, 0.1) is 0 Å². The van der Waals surface area contributed by atoms with Gasteiger partial charge in [0.15, 0.2) is 5.82 Å². The SMILES string of the molecule is CCn1c(COc2cccc(Cl)c2)nnc1S(=O)(=O)Cl. The number of benzene rings is 1. The molecule has 0 unspecified atom stereocenters. The van der Waals surface area contributed by atoms with E-state index in [0.717, 1.165) is 0 Å². The second-order valence-corrected chi connectivity index (χ2v) is 6.72. The summed E-state index contributed by atoms with van der Waals surface area (Å²) in [5.41, 5.74) is 0. The molecule has 20 heavy (non-hydrogen) atoms. The zero-order chi connectivity index (χ0) is 14.8. The van der Waals surface area contributed by atoms with Crippen molar-refractivity contribution in [3.63, 3.8) is 0 Å². The molecule has 6 nitrogen and oxygen atoms in total. The molecule has 0 aliphatic heterocycles. The Labute approximate surface area is 125 Å². The Morgan fingerprint density at radius 2 is 2.10 bits per heavy atom. The number of rotatable bonds is 5. The van der Waals surface area contributed by atoms with Crippen molar-refractivity contribution in [1.29, 1.82) is 0 Å². The molecule has 9 heteroatoms. The Bertz CT molecular complexity index is 715. The zero-order valence-electron chi connectivity index (χ0n) is 10.5. The molecule has 0 aliphatic rings. The van der Waals surface area contributed by atoms with E-state index in [1.165, 1.54) is 4.57 Å². The first-order chi connectivity index (χ1) is 9.41. The van der Waals surface area contributed by atoms with Crippen LogP contribution in [-0.2, 0) is 22.2 Å². The van der Waals surface area contributed by atoms with Crippen molar-refractivity contribution in [2.24, 2.45) is 0 Å². The van der Waals surface area contributed by atoms with Gasteiger partial charge in [-0.25, -0.2) is 8.42 Å². The van der Waals surface area contributed by atoms with Crippen molar-refractivity contribution in [2.75, 3.05) is 0 Å². The summed E-state index contributed by atoms with van der Waals surface area (Å²) < 4.78 is 29.5. The molecule has 0 amide bonds. The summed E-state index contributed by atoms with van der Waals surface area (Å²) in [7, 11) is 1.35. The molecular weight excluding hydrogens is 325 g/mol. The first kappa shape index (κ1) is 15.1. The second-order valence-electron chi connectivity index (χ2n) is 3.83. The maximum atomic E-state index is 11.3. The molecule has 0 bridgehead atoms. The van der Waals surface area contributed by atoms with Gasteiger partial charge in [0.05, 0.1) is 0 Å². The number of hydrogen-bond acceptors (Lipinski definition) is 5. The molecule has 0 N–H and O–H groups in total. The Kier molecular flexibility index (Phi) is 4.52. The van der Waals surface area contributed by atoms with E-state index in [0.29, 0.717) is 23.1 Å². The molecular formula is C11H11Cl2N3O3S. The van der Waals surface area contributed by atoms with Gasteiger partial charge in [-0.3, -0.25) is 4.57 Å². The molecule has 2 rings (SSSR count). The highest BCUT2D eigenvalue weighted by molar-refractivity contribution is 8.13. The first-order valence-electron chi connectivity index (χ1n) is 5.67. The van der Waals surface area contributed by atoms with Crippen molar-refractivity contribution < 1.29 is 13.2 Å². The minimum atomic E-state index is -3.93. The molecule has 0 radical (unpaired) electrons. The third kappa shape index (κ3) is 3.41. The summed E-state index contributed by atoms with van der Waals surface area (Å²) in [5.74, 6) is 0.921. The minimum absolute atomic E-state index is 0.0631. The summed E-state index contributed by atoms with van der Waals surface area (Å²) in [4.78, 5) is 0. The van der Waals surface area contributed by atoms with Crippen LogP contribution in [0.5, 0.6) is 5.75 Å². The molecule has 1 heterocycles. The third-order valence-electron chi connectivity index (χ3n) is 2.49. The van der Waals surface area contributed by atoms with Gasteiger partial charge in [-0.1, -0.05) is 17.7 Å².